The van der Waals surface area contributed by atoms with Gasteiger partial charge in [0.15, 0.2) is 0 Å². The van der Waals surface area contributed by atoms with Gasteiger partial charge in [-0.1, -0.05) is 13.8 Å². The maximum Gasteiger partial charge on any atom is 0.317 e. The maximum atomic E-state index is 10.1. The summed E-state index contributed by atoms with van der Waals surface area (Å²) in [6.07, 6.45) is 0. The fourth-order valence-electron chi connectivity index (χ4n) is 1.18. The minimum Gasteiger partial charge on any atom is -0.480 e. The Balaban J connectivity index is 3.26. The molecule has 13 heavy (non-hydrogen) atoms. The monoisotopic (exact) mass is 188 g/mol. The zero-order valence-electron chi connectivity index (χ0n) is 8.71. The van der Waals surface area contributed by atoms with Crippen molar-refractivity contribution < 1.29 is 9.90 Å². The molecule has 0 aromatic carbocycles. The molecule has 0 bridgehead atoms. The Kier molecular flexibility index (Phi) is 6.54. The highest BCUT2D eigenvalue weighted by Gasteiger charge is 2.01. The van der Waals surface area contributed by atoms with Crippen LogP contribution in [0.5, 0.6) is 0 Å². The van der Waals surface area contributed by atoms with Gasteiger partial charge in [-0.2, -0.15) is 0 Å². The zero-order chi connectivity index (χ0) is 10.3. The molecule has 0 radical (unpaired) electrons. The van der Waals surface area contributed by atoms with Gasteiger partial charge in [-0.15, -0.1) is 0 Å². The molecule has 0 fully saturated rings. The lowest BCUT2D eigenvalue weighted by molar-refractivity contribution is -0.135. The fraction of sp³-hybridized carbons (Fsp3) is 0.889. The quantitative estimate of drug-likeness (QED) is 0.562. The van der Waals surface area contributed by atoms with Crippen LogP contribution in [0.15, 0.2) is 0 Å². The number of likely N-dealkylation sites (N-methyl/N-ethyl adjacent to an activating group) is 1. The summed E-state index contributed by atoms with van der Waals surface area (Å²) in [7, 11) is 2.04. The highest BCUT2D eigenvalue weighted by Crippen LogP contribution is 1.93. The lowest BCUT2D eigenvalue weighted by Crippen LogP contribution is -2.33. The first-order chi connectivity index (χ1) is 6.02. The van der Waals surface area contributed by atoms with Gasteiger partial charge in [0.25, 0.3) is 0 Å². The van der Waals surface area contributed by atoms with Gasteiger partial charge in [0.05, 0.1) is 6.54 Å². The second kappa shape index (κ2) is 6.86. The largest absolute Gasteiger partial charge is 0.480 e. The molecule has 78 valence electrons. The fourth-order valence-corrected chi connectivity index (χ4v) is 1.18. The lowest BCUT2D eigenvalue weighted by atomic mass is 10.2. The Morgan fingerprint density at radius 2 is 2.15 bits per heavy atom. The summed E-state index contributed by atoms with van der Waals surface area (Å²) in [6, 6.07) is 0. The Hall–Kier alpha value is -0.610. The van der Waals surface area contributed by atoms with Crippen molar-refractivity contribution >= 4 is 5.97 Å². The number of carboxylic acids is 1. The molecule has 0 heterocycles. The van der Waals surface area contributed by atoms with Crippen LogP contribution in [0.3, 0.4) is 0 Å². The summed E-state index contributed by atoms with van der Waals surface area (Å²) in [5.41, 5.74) is 0. The Morgan fingerprint density at radius 1 is 1.54 bits per heavy atom. The molecule has 2 N–H and O–H groups in total. The average molecular weight is 188 g/mol. The molecule has 4 nitrogen and oxygen atoms in total. The van der Waals surface area contributed by atoms with Crippen LogP contribution in [-0.4, -0.2) is 49.2 Å². The van der Waals surface area contributed by atoms with E-state index in [-0.39, 0.29) is 6.54 Å². The van der Waals surface area contributed by atoms with Gasteiger partial charge in [-0.3, -0.25) is 4.79 Å². The van der Waals surface area contributed by atoms with E-state index in [2.05, 4.69) is 24.1 Å². The number of hydrogen-bond donors (Lipinski definition) is 2. The normalized spacial score (nSPS) is 11.2. The Labute approximate surface area is 79.9 Å². The van der Waals surface area contributed by atoms with Crippen LogP contribution in [0.4, 0.5) is 0 Å². The predicted octanol–water partition coefficient (Wildman–Crippen LogP) is 0.248. The number of carboxylic acid groups (broad SMARTS) is 1. The predicted molar refractivity (Wildman–Crippen MR) is 52.8 cm³/mol. The SMILES string of the molecule is CC(C)CN(C)CCNCC(=O)O. The highest BCUT2D eigenvalue weighted by molar-refractivity contribution is 5.68. The molecular weight excluding hydrogens is 168 g/mol. The van der Waals surface area contributed by atoms with Gasteiger partial charge in [0.1, 0.15) is 0 Å². The molecule has 0 spiro atoms. The minimum atomic E-state index is -0.800. The van der Waals surface area contributed by atoms with E-state index in [4.69, 9.17) is 5.11 Å². The van der Waals surface area contributed by atoms with Crippen LogP contribution >= 0.6 is 0 Å². The van der Waals surface area contributed by atoms with Crippen molar-refractivity contribution in [3.05, 3.63) is 0 Å². The smallest absolute Gasteiger partial charge is 0.317 e. The first-order valence-corrected chi connectivity index (χ1v) is 4.63. The van der Waals surface area contributed by atoms with Crippen molar-refractivity contribution in [2.75, 3.05) is 33.2 Å². The summed E-state index contributed by atoms with van der Waals surface area (Å²) >= 11 is 0. The third-order valence-electron chi connectivity index (χ3n) is 1.62. The lowest BCUT2D eigenvalue weighted by Gasteiger charge is -2.18. The van der Waals surface area contributed by atoms with Crippen LogP contribution in [-0.2, 0) is 4.79 Å². The standard InChI is InChI=1S/C9H20N2O2/c1-8(2)7-11(3)5-4-10-6-9(12)13/h8,10H,4-7H2,1-3H3,(H,12,13). The molecule has 0 saturated carbocycles. The van der Waals surface area contributed by atoms with Crippen molar-refractivity contribution in [2.24, 2.45) is 5.92 Å². The van der Waals surface area contributed by atoms with Crippen molar-refractivity contribution in [1.29, 1.82) is 0 Å². The van der Waals surface area contributed by atoms with Crippen LogP contribution in [0.25, 0.3) is 0 Å². The molecular formula is C9H20N2O2. The van der Waals surface area contributed by atoms with Crippen molar-refractivity contribution in [1.82, 2.24) is 10.2 Å². The third-order valence-corrected chi connectivity index (χ3v) is 1.62. The second-order valence-corrected chi connectivity index (χ2v) is 3.73. The Bertz CT molecular complexity index is 149. The molecule has 0 aliphatic heterocycles. The maximum absolute atomic E-state index is 10.1. The number of rotatable bonds is 7. The molecule has 0 aliphatic carbocycles. The van der Waals surface area contributed by atoms with Crippen molar-refractivity contribution in [3.63, 3.8) is 0 Å². The topological polar surface area (TPSA) is 52.6 Å². The van der Waals surface area contributed by atoms with Gasteiger partial charge < -0.3 is 15.3 Å². The van der Waals surface area contributed by atoms with Gasteiger partial charge in [0.2, 0.25) is 0 Å². The Morgan fingerprint density at radius 3 is 2.62 bits per heavy atom. The molecule has 0 amide bonds. The van der Waals surface area contributed by atoms with Gasteiger partial charge in [-0.05, 0) is 13.0 Å². The third kappa shape index (κ3) is 9.30. The number of nitrogens with zero attached hydrogens (tertiary/aromatic N) is 1. The molecule has 4 heteroatoms. The second-order valence-electron chi connectivity index (χ2n) is 3.73. The summed E-state index contributed by atoms with van der Waals surface area (Å²) in [6.45, 7) is 7.06. The van der Waals surface area contributed by atoms with E-state index in [1.807, 2.05) is 7.05 Å². The van der Waals surface area contributed by atoms with E-state index in [0.717, 1.165) is 19.6 Å². The molecule has 0 rings (SSSR count). The van der Waals surface area contributed by atoms with Crippen LogP contribution < -0.4 is 5.32 Å². The molecule has 0 unspecified atom stereocenters. The molecule has 0 atom stereocenters. The van der Waals surface area contributed by atoms with E-state index in [9.17, 15) is 4.79 Å². The van der Waals surface area contributed by atoms with E-state index in [1.54, 1.807) is 0 Å². The van der Waals surface area contributed by atoms with Gasteiger partial charge in [0, 0.05) is 19.6 Å². The number of nitrogens with one attached hydrogen (secondary N) is 1. The highest BCUT2D eigenvalue weighted by atomic mass is 16.4. The molecule has 0 aliphatic rings. The number of hydrogen-bond acceptors (Lipinski definition) is 3. The number of aliphatic carboxylic acids is 1. The average Bonchev–Trinajstić information content (AvgIpc) is 1.96. The van der Waals surface area contributed by atoms with Crippen LogP contribution in [0.1, 0.15) is 13.8 Å². The summed E-state index contributed by atoms with van der Waals surface area (Å²) in [4.78, 5) is 12.3. The van der Waals surface area contributed by atoms with E-state index in [0.29, 0.717) is 5.92 Å². The summed E-state index contributed by atoms with van der Waals surface area (Å²) < 4.78 is 0. The van der Waals surface area contributed by atoms with Gasteiger partial charge in [-0.25, -0.2) is 0 Å². The van der Waals surface area contributed by atoms with Gasteiger partial charge >= 0.3 is 5.97 Å². The minimum absolute atomic E-state index is 0.0511. The van der Waals surface area contributed by atoms with E-state index >= 15 is 0 Å². The first-order valence-electron chi connectivity index (χ1n) is 4.63. The van der Waals surface area contributed by atoms with Crippen LogP contribution in [0.2, 0.25) is 0 Å². The number of carbonyl (C=O) groups is 1. The first kappa shape index (κ1) is 12.4. The summed E-state index contributed by atoms with van der Waals surface area (Å²) in [5, 5.41) is 11.2. The van der Waals surface area contributed by atoms with Crippen molar-refractivity contribution in [2.45, 2.75) is 13.8 Å². The molecule has 0 saturated heterocycles. The zero-order valence-corrected chi connectivity index (χ0v) is 8.71. The molecule has 0 aromatic rings. The summed E-state index contributed by atoms with van der Waals surface area (Å²) in [5.74, 6) is -0.143. The van der Waals surface area contributed by atoms with E-state index in [1.165, 1.54) is 0 Å². The van der Waals surface area contributed by atoms with Crippen LogP contribution in [0, 0.1) is 5.92 Å². The van der Waals surface area contributed by atoms with E-state index < -0.39 is 5.97 Å². The van der Waals surface area contributed by atoms with Crippen molar-refractivity contribution in [3.8, 4) is 0 Å². The molecule has 0 aromatic heterocycles.